The number of hydrogen-bond acceptors (Lipinski definition) is 6. The highest BCUT2D eigenvalue weighted by Crippen LogP contribution is 2.30. The molecule has 2 aromatic heterocycles. The van der Waals surface area contributed by atoms with Crippen LogP contribution in [0.25, 0.3) is 27.9 Å². The molecule has 0 spiro atoms. The average Bonchev–Trinajstić information content (AvgIpc) is 3.24. The van der Waals surface area contributed by atoms with Gasteiger partial charge in [-0.15, -0.1) is 0 Å². The third-order valence-electron chi connectivity index (χ3n) is 6.23. The number of aryl methyl sites for hydroxylation is 2. The van der Waals surface area contributed by atoms with Gasteiger partial charge in [0.25, 0.3) is 15.9 Å². The number of aromatic nitrogens is 3. The van der Waals surface area contributed by atoms with E-state index in [0.717, 1.165) is 33.9 Å². The molecule has 9 nitrogen and oxygen atoms in total. The zero-order chi connectivity index (χ0) is 27.6. The fourth-order valence-electron chi connectivity index (χ4n) is 4.41. The van der Waals surface area contributed by atoms with Gasteiger partial charge in [0.05, 0.1) is 4.90 Å². The molecule has 0 unspecified atom stereocenters. The van der Waals surface area contributed by atoms with E-state index in [9.17, 15) is 18.5 Å². The molecule has 5 aromatic rings. The first kappa shape index (κ1) is 25.6. The van der Waals surface area contributed by atoms with Crippen molar-refractivity contribution in [2.45, 2.75) is 25.3 Å². The third kappa shape index (κ3) is 5.21. The number of nitriles is 1. The van der Waals surface area contributed by atoms with Crippen molar-refractivity contribution in [1.82, 2.24) is 14.5 Å². The summed E-state index contributed by atoms with van der Waals surface area (Å²) in [7, 11) is -3.92. The van der Waals surface area contributed by atoms with Crippen LogP contribution >= 0.6 is 0 Å². The molecular weight excluding hydrogens is 512 g/mol. The lowest BCUT2D eigenvalue weighted by Crippen LogP contribution is -2.16. The predicted octanol–water partition coefficient (Wildman–Crippen LogP) is 5.26. The molecule has 0 radical (unpaired) electrons. The minimum Gasteiger partial charge on any atom is -0.341 e. The minimum absolute atomic E-state index is 0.0267. The number of hydrogen-bond donors (Lipinski definition) is 2. The molecule has 0 aliphatic carbocycles. The van der Waals surface area contributed by atoms with Gasteiger partial charge in [-0.25, -0.2) is 23.1 Å². The van der Waals surface area contributed by atoms with Crippen molar-refractivity contribution in [2.75, 3.05) is 10.0 Å². The first-order valence-electron chi connectivity index (χ1n) is 12.2. The number of benzene rings is 3. The van der Waals surface area contributed by atoms with Crippen molar-refractivity contribution >= 4 is 55.4 Å². The molecule has 0 fully saturated rings. The van der Waals surface area contributed by atoms with Crippen LogP contribution in [0.15, 0.2) is 89.5 Å². The second-order valence-electron chi connectivity index (χ2n) is 8.81. The number of fused-ring (bicyclic) bond motifs is 3. The molecule has 10 heteroatoms. The first-order chi connectivity index (χ1) is 18.8. The van der Waals surface area contributed by atoms with Gasteiger partial charge >= 0.3 is 0 Å². The van der Waals surface area contributed by atoms with Gasteiger partial charge in [-0.05, 0) is 74.0 Å². The molecule has 0 aliphatic rings. The maximum atomic E-state index is 12.9. The van der Waals surface area contributed by atoms with Crippen molar-refractivity contribution in [1.29, 1.82) is 5.26 Å². The number of amides is 1. The Morgan fingerprint density at radius 3 is 2.49 bits per heavy atom. The molecule has 0 saturated heterocycles. The smallest absolute Gasteiger partial charge is 0.266 e. The molecule has 2 heterocycles. The average molecular weight is 537 g/mol. The number of para-hydroxylation sites is 1. The fourth-order valence-corrected chi connectivity index (χ4v) is 5.36. The van der Waals surface area contributed by atoms with Crippen LogP contribution in [0.2, 0.25) is 0 Å². The van der Waals surface area contributed by atoms with Crippen LogP contribution in [-0.2, 0) is 21.4 Å². The number of carbonyl (C=O) groups is 1. The number of anilines is 2. The number of carbonyl (C=O) groups excluding carboxylic acids is 1. The zero-order valence-electron chi connectivity index (χ0n) is 21.2. The van der Waals surface area contributed by atoms with Crippen LogP contribution in [0, 0.1) is 18.3 Å². The maximum Gasteiger partial charge on any atom is 0.266 e. The van der Waals surface area contributed by atoms with E-state index in [1.807, 2.05) is 36.4 Å². The van der Waals surface area contributed by atoms with E-state index < -0.39 is 15.9 Å². The molecule has 0 saturated carbocycles. The predicted molar refractivity (Wildman–Crippen MR) is 151 cm³/mol. The van der Waals surface area contributed by atoms with Crippen LogP contribution < -0.4 is 10.0 Å². The minimum atomic E-state index is -3.92. The van der Waals surface area contributed by atoms with Crippen LogP contribution in [0.5, 0.6) is 0 Å². The van der Waals surface area contributed by atoms with Gasteiger partial charge in [0.2, 0.25) is 5.95 Å². The van der Waals surface area contributed by atoms with Crippen LogP contribution in [0.3, 0.4) is 0 Å². The van der Waals surface area contributed by atoms with Crippen molar-refractivity contribution in [3.63, 3.8) is 0 Å². The fraction of sp³-hybridized carbons (Fsp3) is 0.103. The van der Waals surface area contributed by atoms with Crippen molar-refractivity contribution in [3.05, 3.63) is 95.8 Å². The zero-order valence-corrected chi connectivity index (χ0v) is 22.0. The summed E-state index contributed by atoms with van der Waals surface area (Å²) in [5.74, 6) is -0.635. The molecule has 194 valence electrons. The number of rotatable bonds is 7. The Morgan fingerprint density at radius 2 is 1.77 bits per heavy atom. The molecule has 0 atom stereocenters. The third-order valence-corrected chi connectivity index (χ3v) is 7.58. The quantitative estimate of drug-likeness (QED) is 0.216. The standard InChI is InChI=1S/C29H24N6O3S/c1-3-35-26-7-5-4-6-24(26)25-17-20(8-13-27(25)35)16-21(18-30)28(36)33-22-9-11-23(12-10-22)39(37,38)34-29-31-15-14-19(2)32-29/h4-17H,3H2,1-2H3,(H,33,36)(H,31,32,34)/b21-16+. The lowest BCUT2D eigenvalue weighted by atomic mass is 10.1. The lowest BCUT2D eigenvalue weighted by Gasteiger charge is -2.09. The van der Waals surface area contributed by atoms with Gasteiger partial charge in [-0.1, -0.05) is 24.3 Å². The van der Waals surface area contributed by atoms with Crippen molar-refractivity contribution in [3.8, 4) is 6.07 Å². The Hall–Kier alpha value is -5.01. The van der Waals surface area contributed by atoms with Crippen LogP contribution in [-0.4, -0.2) is 28.9 Å². The largest absolute Gasteiger partial charge is 0.341 e. The van der Waals surface area contributed by atoms with E-state index in [-0.39, 0.29) is 16.4 Å². The van der Waals surface area contributed by atoms with E-state index >= 15 is 0 Å². The second-order valence-corrected chi connectivity index (χ2v) is 10.5. The van der Waals surface area contributed by atoms with E-state index in [2.05, 4.69) is 43.6 Å². The molecule has 0 aliphatic heterocycles. The molecule has 3 aromatic carbocycles. The summed E-state index contributed by atoms with van der Waals surface area (Å²) < 4.78 is 29.9. The highest BCUT2D eigenvalue weighted by Gasteiger charge is 2.17. The summed E-state index contributed by atoms with van der Waals surface area (Å²) in [5.41, 5.74) is 3.81. The first-order valence-corrected chi connectivity index (χ1v) is 13.6. The van der Waals surface area contributed by atoms with Gasteiger partial charge < -0.3 is 9.88 Å². The van der Waals surface area contributed by atoms with Crippen molar-refractivity contribution in [2.24, 2.45) is 0 Å². The maximum absolute atomic E-state index is 12.9. The van der Waals surface area contributed by atoms with Crippen LogP contribution in [0.4, 0.5) is 11.6 Å². The summed E-state index contributed by atoms with van der Waals surface area (Å²) in [5, 5.41) is 14.5. The van der Waals surface area contributed by atoms with Crippen molar-refractivity contribution < 1.29 is 13.2 Å². The summed E-state index contributed by atoms with van der Waals surface area (Å²) in [6, 6.07) is 23.2. The SMILES string of the molecule is CCn1c2ccccc2c2cc(/C=C(\C#N)C(=O)Nc3ccc(S(=O)(=O)Nc4nccc(C)n4)cc3)ccc21. The van der Waals surface area contributed by atoms with Gasteiger partial charge in [0.15, 0.2) is 0 Å². The van der Waals surface area contributed by atoms with Gasteiger partial charge in [0, 0.05) is 45.9 Å². The summed E-state index contributed by atoms with van der Waals surface area (Å²) in [6.45, 7) is 4.64. The molecule has 5 rings (SSSR count). The highest BCUT2D eigenvalue weighted by molar-refractivity contribution is 7.92. The molecule has 0 bridgehead atoms. The Balaban J connectivity index is 1.36. The van der Waals surface area contributed by atoms with Gasteiger partial charge in [-0.2, -0.15) is 5.26 Å². The number of nitrogens with one attached hydrogen (secondary N) is 2. The van der Waals surface area contributed by atoms with Gasteiger partial charge in [0.1, 0.15) is 11.6 Å². The Kier molecular flexibility index (Phi) is 6.83. The molecule has 39 heavy (non-hydrogen) atoms. The summed E-state index contributed by atoms with van der Waals surface area (Å²) >= 11 is 0. The highest BCUT2D eigenvalue weighted by atomic mass is 32.2. The molecule has 1 amide bonds. The Bertz CT molecular complexity index is 1900. The van der Waals surface area contributed by atoms with E-state index in [1.165, 1.54) is 36.5 Å². The normalized spacial score (nSPS) is 11.9. The monoisotopic (exact) mass is 536 g/mol. The number of nitrogens with zero attached hydrogens (tertiary/aromatic N) is 4. The Morgan fingerprint density at radius 1 is 1.03 bits per heavy atom. The second kappa shape index (κ2) is 10.4. The molecule has 2 N–H and O–H groups in total. The van der Waals surface area contributed by atoms with E-state index in [4.69, 9.17) is 0 Å². The van der Waals surface area contributed by atoms with Crippen LogP contribution in [0.1, 0.15) is 18.2 Å². The van der Waals surface area contributed by atoms with Gasteiger partial charge in [-0.3, -0.25) is 4.79 Å². The number of sulfonamides is 1. The van der Waals surface area contributed by atoms with E-state index in [0.29, 0.717) is 11.4 Å². The molecular formula is C29H24N6O3S. The topological polar surface area (TPSA) is 130 Å². The summed E-state index contributed by atoms with van der Waals surface area (Å²) in [4.78, 5) is 20.8. The van der Waals surface area contributed by atoms with E-state index in [1.54, 1.807) is 13.0 Å². The lowest BCUT2D eigenvalue weighted by molar-refractivity contribution is -0.112. The Labute approximate surface area is 225 Å². The summed E-state index contributed by atoms with van der Waals surface area (Å²) in [6.07, 6.45) is 3.00.